The molecule has 0 aliphatic heterocycles. The van der Waals surface area contributed by atoms with E-state index < -0.39 is 0 Å². The SMILES string of the molecule is CC.CCOC(=O)c1c(C)csc1N. The average Bonchev–Trinajstić information content (AvgIpc) is 2.50. The fourth-order valence-electron chi connectivity index (χ4n) is 0.929. The van der Waals surface area contributed by atoms with Gasteiger partial charge in [0.2, 0.25) is 0 Å². The Bertz CT molecular complexity index is 275. The fraction of sp³-hybridized carbons (Fsp3) is 0.500. The first kappa shape index (κ1) is 13.0. The standard InChI is InChI=1S/C8H11NO2S.C2H6/c1-3-11-8(10)6-5(2)4-12-7(6)9;1-2/h4H,3,9H2,1-2H3;1-2H3. The molecule has 80 valence electrons. The van der Waals surface area contributed by atoms with Crippen molar-refractivity contribution in [1.29, 1.82) is 0 Å². The van der Waals surface area contributed by atoms with Crippen LogP contribution in [0.3, 0.4) is 0 Å². The summed E-state index contributed by atoms with van der Waals surface area (Å²) in [7, 11) is 0. The second-order valence-corrected chi connectivity index (χ2v) is 3.29. The Morgan fingerprint density at radius 2 is 2.14 bits per heavy atom. The van der Waals surface area contributed by atoms with Crippen molar-refractivity contribution in [3.8, 4) is 0 Å². The van der Waals surface area contributed by atoms with Crippen LogP contribution in [0.2, 0.25) is 0 Å². The smallest absolute Gasteiger partial charge is 0.341 e. The first-order valence-corrected chi connectivity index (χ1v) is 5.55. The number of carbonyl (C=O) groups is 1. The molecule has 0 fully saturated rings. The Morgan fingerprint density at radius 3 is 2.50 bits per heavy atom. The quantitative estimate of drug-likeness (QED) is 0.772. The van der Waals surface area contributed by atoms with Gasteiger partial charge in [-0.05, 0) is 24.8 Å². The van der Waals surface area contributed by atoms with Gasteiger partial charge in [-0.25, -0.2) is 4.79 Å². The predicted octanol–water partition coefficient (Wildman–Crippen LogP) is 2.84. The predicted molar refractivity (Wildman–Crippen MR) is 60.8 cm³/mol. The number of anilines is 1. The number of nitrogens with two attached hydrogens (primary N) is 1. The largest absolute Gasteiger partial charge is 0.462 e. The fourth-order valence-corrected chi connectivity index (χ4v) is 1.71. The van der Waals surface area contributed by atoms with Crippen molar-refractivity contribution in [2.75, 3.05) is 12.3 Å². The van der Waals surface area contributed by atoms with Gasteiger partial charge < -0.3 is 10.5 Å². The minimum Gasteiger partial charge on any atom is -0.462 e. The molecule has 0 atom stereocenters. The molecule has 0 amide bonds. The minimum atomic E-state index is -0.325. The van der Waals surface area contributed by atoms with Gasteiger partial charge in [-0.1, -0.05) is 13.8 Å². The van der Waals surface area contributed by atoms with Crippen LogP contribution in [0.5, 0.6) is 0 Å². The maximum Gasteiger partial charge on any atom is 0.341 e. The number of hydrogen-bond donors (Lipinski definition) is 1. The number of hydrogen-bond acceptors (Lipinski definition) is 4. The third-order valence-electron chi connectivity index (χ3n) is 1.48. The van der Waals surface area contributed by atoms with Crippen molar-refractivity contribution >= 4 is 22.3 Å². The Kier molecular flexibility index (Phi) is 5.95. The third kappa shape index (κ3) is 3.03. The van der Waals surface area contributed by atoms with Gasteiger partial charge in [-0.2, -0.15) is 0 Å². The van der Waals surface area contributed by atoms with Gasteiger partial charge in [-0.3, -0.25) is 0 Å². The van der Waals surface area contributed by atoms with Crippen molar-refractivity contribution < 1.29 is 9.53 Å². The number of aryl methyl sites for hydroxylation is 1. The second kappa shape index (κ2) is 6.43. The van der Waals surface area contributed by atoms with Crippen molar-refractivity contribution in [1.82, 2.24) is 0 Å². The molecule has 0 spiro atoms. The molecule has 0 saturated carbocycles. The molecule has 0 unspecified atom stereocenters. The molecular formula is C10H17NO2S. The van der Waals surface area contributed by atoms with Crippen molar-refractivity contribution in [2.45, 2.75) is 27.7 Å². The Hall–Kier alpha value is -1.03. The van der Waals surface area contributed by atoms with Crippen LogP contribution in [-0.4, -0.2) is 12.6 Å². The van der Waals surface area contributed by atoms with Crippen LogP contribution in [0, 0.1) is 6.92 Å². The molecule has 3 nitrogen and oxygen atoms in total. The van der Waals surface area contributed by atoms with Crippen molar-refractivity contribution in [3.63, 3.8) is 0 Å². The van der Waals surface area contributed by atoms with E-state index in [2.05, 4.69) is 0 Å². The van der Waals surface area contributed by atoms with Gasteiger partial charge >= 0.3 is 5.97 Å². The van der Waals surface area contributed by atoms with E-state index >= 15 is 0 Å². The Labute approximate surface area is 88.9 Å². The monoisotopic (exact) mass is 215 g/mol. The van der Waals surface area contributed by atoms with E-state index in [0.717, 1.165) is 5.56 Å². The Morgan fingerprint density at radius 1 is 1.57 bits per heavy atom. The van der Waals surface area contributed by atoms with E-state index in [1.165, 1.54) is 11.3 Å². The van der Waals surface area contributed by atoms with Gasteiger partial charge in [0.25, 0.3) is 0 Å². The zero-order chi connectivity index (χ0) is 11.1. The lowest BCUT2D eigenvalue weighted by molar-refractivity contribution is 0.0527. The zero-order valence-corrected chi connectivity index (χ0v) is 9.90. The van der Waals surface area contributed by atoms with E-state index in [1.54, 1.807) is 6.92 Å². The lowest BCUT2D eigenvalue weighted by atomic mass is 10.2. The van der Waals surface area contributed by atoms with Crippen LogP contribution in [0.15, 0.2) is 5.38 Å². The topological polar surface area (TPSA) is 52.3 Å². The van der Waals surface area contributed by atoms with Gasteiger partial charge in [0, 0.05) is 0 Å². The molecule has 0 aliphatic carbocycles. The number of esters is 1. The number of nitrogen functional groups attached to an aromatic ring is 1. The molecule has 4 heteroatoms. The molecule has 0 bridgehead atoms. The maximum absolute atomic E-state index is 11.3. The number of carbonyl (C=O) groups excluding carboxylic acids is 1. The summed E-state index contributed by atoms with van der Waals surface area (Å²) in [6, 6.07) is 0. The highest BCUT2D eigenvalue weighted by Gasteiger charge is 2.15. The Balaban J connectivity index is 0.000000791. The minimum absolute atomic E-state index is 0.325. The molecule has 0 saturated heterocycles. The van der Waals surface area contributed by atoms with E-state index in [1.807, 2.05) is 26.2 Å². The van der Waals surface area contributed by atoms with Gasteiger partial charge in [-0.15, -0.1) is 11.3 Å². The molecule has 1 heterocycles. The number of rotatable bonds is 2. The second-order valence-electron chi connectivity index (χ2n) is 2.38. The molecule has 0 aliphatic rings. The lowest BCUT2D eigenvalue weighted by Crippen LogP contribution is -2.06. The number of thiophene rings is 1. The number of ether oxygens (including phenoxy) is 1. The highest BCUT2D eigenvalue weighted by Crippen LogP contribution is 2.24. The van der Waals surface area contributed by atoms with E-state index in [4.69, 9.17) is 10.5 Å². The molecule has 1 aromatic rings. The molecule has 14 heavy (non-hydrogen) atoms. The highest BCUT2D eigenvalue weighted by molar-refractivity contribution is 7.14. The average molecular weight is 215 g/mol. The highest BCUT2D eigenvalue weighted by atomic mass is 32.1. The van der Waals surface area contributed by atoms with Crippen LogP contribution in [-0.2, 0) is 4.74 Å². The summed E-state index contributed by atoms with van der Waals surface area (Å²) < 4.78 is 4.84. The first-order valence-electron chi connectivity index (χ1n) is 4.67. The molecule has 2 N–H and O–H groups in total. The van der Waals surface area contributed by atoms with Gasteiger partial charge in [0.15, 0.2) is 0 Å². The van der Waals surface area contributed by atoms with Crippen LogP contribution in [0.4, 0.5) is 5.00 Å². The summed E-state index contributed by atoms with van der Waals surface area (Å²) in [6.07, 6.45) is 0. The van der Waals surface area contributed by atoms with Crippen LogP contribution < -0.4 is 5.73 Å². The first-order chi connectivity index (χ1) is 6.66. The molecule has 1 rings (SSSR count). The van der Waals surface area contributed by atoms with Crippen molar-refractivity contribution in [3.05, 3.63) is 16.5 Å². The van der Waals surface area contributed by atoms with Gasteiger partial charge in [0.1, 0.15) is 5.00 Å². The molecular weight excluding hydrogens is 198 g/mol. The molecule has 0 radical (unpaired) electrons. The summed E-state index contributed by atoms with van der Waals surface area (Å²) in [5.74, 6) is -0.325. The third-order valence-corrected chi connectivity index (χ3v) is 2.41. The zero-order valence-electron chi connectivity index (χ0n) is 9.09. The van der Waals surface area contributed by atoms with Crippen molar-refractivity contribution in [2.24, 2.45) is 0 Å². The summed E-state index contributed by atoms with van der Waals surface area (Å²) >= 11 is 1.36. The summed E-state index contributed by atoms with van der Waals surface area (Å²) in [5, 5.41) is 2.38. The summed E-state index contributed by atoms with van der Waals surface area (Å²) in [5.41, 5.74) is 6.99. The van der Waals surface area contributed by atoms with E-state index in [-0.39, 0.29) is 5.97 Å². The van der Waals surface area contributed by atoms with E-state index in [0.29, 0.717) is 17.2 Å². The summed E-state index contributed by atoms with van der Waals surface area (Å²) in [6.45, 7) is 8.00. The maximum atomic E-state index is 11.3. The molecule has 0 aromatic carbocycles. The molecule has 1 aromatic heterocycles. The van der Waals surface area contributed by atoms with Crippen LogP contribution >= 0.6 is 11.3 Å². The van der Waals surface area contributed by atoms with Crippen LogP contribution in [0.1, 0.15) is 36.7 Å². The lowest BCUT2D eigenvalue weighted by Gasteiger charge is -2.01. The summed E-state index contributed by atoms with van der Waals surface area (Å²) in [4.78, 5) is 11.3. The normalized spacial score (nSPS) is 8.86. The van der Waals surface area contributed by atoms with E-state index in [9.17, 15) is 4.79 Å². The van der Waals surface area contributed by atoms with Crippen LogP contribution in [0.25, 0.3) is 0 Å². The van der Waals surface area contributed by atoms with Gasteiger partial charge in [0.05, 0.1) is 12.2 Å².